The van der Waals surface area contributed by atoms with Gasteiger partial charge in [0.15, 0.2) is 0 Å². The Morgan fingerprint density at radius 1 is 1.15 bits per heavy atom. The van der Waals surface area contributed by atoms with Gasteiger partial charge in [-0.1, -0.05) is 29.8 Å². The Kier molecular flexibility index (Phi) is 6.48. The maximum absolute atomic E-state index is 12.5. The first kappa shape index (κ1) is 19.4. The summed E-state index contributed by atoms with van der Waals surface area (Å²) in [5.41, 5.74) is 2.26. The molecule has 2 aliphatic heterocycles. The van der Waals surface area contributed by atoms with Crippen LogP contribution < -0.4 is 5.32 Å². The van der Waals surface area contributed by atoms with Crippen molar-refractivity contribution in [2.24, 2.45) is 5.92 Å². The second-order valence-corrected chi connectivity index (χ2v) is 7.62. The maximum atomic E-state index is 12.5. The molecule has 1 atom stereocenters. The molecule has 0 bridgehead atoms. The lowest BCUT2D eigenvalue weighted by Gasteiger charge is -2.32. The van der Waals surface area contributed by atoms with E-state index in [0.717, 1.165) is 24.9 Å². The van der Waals surface area contributed by atoms with Crippen molar-refractivity contribution < 1.29 is 14.4 Å². The third-order valence-electron chi connectivity index (χ3n) is 5.45. The largest absolute Gasteiger partial charge is 0.352 e. The van der Waals surface area contributed by atoms with Crippen molar-refractivity contribution in [2.75, 3.05) is 26.2 Å². The third-order valence-corrected chi connectivity index (χ3v) is 5.45. The summed E-state index contributed by atoms with van der Waals surface area (Å²) >= 11 is 0. The van der Waals surface area contributed by atoms with Gasteiger partial charge in [-0.05, 0) is 31.7 Å². The zero-order valence-corrected chi connectivity index (χ0v) is 16.1. The van der Waals surface area contributed by atoms with E-state index in [2.05, 4.69) is 11.4 Å². The molecule has 1 unspecified atom stereocenters. The molecule has 0 saturated carbocycles. The molecular formula is C21H29N3O3. The lowest BCUT2D eigenvalue weighted by molar-refractivity contribution is -0.138. The van der Waals surface area contributed by atoms with Crippen LogP contribution >= 0.6 is 0 Å². The summed E-state index contributed by atoms with van der Waals surface area (Å²) in [6, 6.07) is 8.09. The summed E-state index contributed by atoms with van der Waals surface area (Å²) < 4.78 is 0. The number of hydrogen-bond donors (Lipinski definition) is 1. The highest BCUT2D eigenvalue weighted by atomic mass is 16.2. The van der Waals surface area contributed by atoms with Crippen molar-refractivity contribution in [1.82, 2.24) is 15.1 Å². The highest BCUT2D eigenvalue weighted by Gasteiger charge is 2.30. The monoisotopic (exact) mass is 371 g/mol. The SMILES string of the molecule is Cc1cccc(CNC(=O)C2CCC(=O)N(CCCN3CCCC3=O)C2)c1. The molecule has 2 heterocycles. The quantitative estimate of drug-likeness (QED) is 0.795. The van der Waals surface area contributed by atoms with Crippen molar-refractivity contribution >= 4 is 17.7 Å². The second-order valence-electron chi connectivity index (χ2n) is 7.62. The predicted octanol–water partition coefficient (Wildman–Crippen LogP) is 1.86. The van der Waals surface area contributed by atoms with E-state index in [1.54, 1.807) is 4.90 Å². The van der Waals surface area contributed by atoms with Gasteiger partial charge in [-0.15, -0.1) is 0 Å². The number of likely N-dealkylation sites (tertiary alicyclic amines) is 2. The van der Waals surface area contributed by atoms with E-state index >= 15 is 0 Å². The number of carbonyl (C=O) groups is 3. The fourth-order valence-corrected chi connectivity index (χ4v) is 3.89. The first-order valence-electron chi connectivity index (χ1n) is 9.92. The number of rotatable bonds is 7. The number of nitrogens with one attached hydrogen (secondary N) is 1. The van der Waals surface area contributed by atoms with Crippen LogP contribution in [0.25, 0.3) is 0 Å². The Balaban J connectivity index is 1.44. The van der Waals surface area contributed by atoms with E-state index in [-0.39, 0.29) is 23.6 Å². The highest BCUT2D eigenvalue weighted by Crippen LogP contribution is 2.19. The fraction of sp³-hybridized carbons (Fsp3) is 0.571. The number of hydrogen-bond acceptors (Lipinski definition) is 3. The molecule has 27 heavy (non-hydrogen) atoms. The van der Waals surface area contributed by atoms with Gasteiger partial charge < -0.3 is 15.1 Å². The summed E-state index contributed by atoms with van der Waals surface area (Å²) in [5.74, 6) is 0.198. The molecule has 2 fully saturated rings. The van der Waals surface area contributed by atoms with E-state index < -0.39 is 0 Å². The average molecular weight is 371 g/mol. The molecule has 3 amide bonds. The van der Waals surface area contributed by atoms with E-state index in [1.807, 2.05) is 30.0 Å². The van der Waals surface area contributed by atoms with Crippen LogP contribution in [0.3, 0.4) is 0 Å². The zero-order valence-electron chi connectivity index (χ0n) is 16.1. The molecule has 6 heteroatoms. The molecule has 2 aliphatic rings. The minimum Gasteiger partial charge on any atom is -0.352 e. The third kappa shape index (κ3) is 5.31. The van der Waals surface area contributed by atoms with Gasteiger partial charge in [-0.2, -0.15) is 0 Å². The molecule has 1 N–H and O–H groups in total. The van der Waals surface area contributed by atoms with Gasteiger partial charge in [-0.3, -0.25) is 14.4 Å². The Labute approximate surface area is 160 Å². The van der Waals surface area contributed by atoms with Gasteiger partial charge >= 0.3 is 0 Å². The molecule has 0 radical (unpaired) electrons. The summed E-state index contributed by atoms with van der Waals surface area (Å²) in [6.45, 7) is 5.17. The van der Waals surface area contributed by atoms with Crippen molar-refractivity contribution in [3.05, 3.63) is 35.4 Å². The first-order chi connectivity index (χ1) is 13.0. The molecule has 1 aromatic rings. The first-order valence-corrected chi connectivity index (χ1v) is 9.92. The number of piperidine rings is 1. The van der Waals surface area contributed by atoms with Crippen molar-refractivity contribution in [2.45, 2.75) is 45.6 Å². The van der Waals surface area contributed by atoms with Gasteiger partial charge in [0.1, 0.15) is 0 Å². The summed E-state index contributed by atoms with van der Waals surface area (Å²) in [7, 11) is 0. The molecule has 1 aromatic carbocycles. The molecule has 0 aromatic heterocycles. The molecule has 3 rings (SSSR count). The van der Waals surface area contributed by atoms with Crippen molar-refractivity contribution in [3.63, 3.8) is 0 Å². The van der Waals surface area contributed by atoms with Crippen LogP contribution in [0.5, 0.6) is 0 Å². The van der Waals surface area contributed by atoms with Crippen LogP contribution in [-0.4, -0.2) is 53.7 Å². The number of aryl methyl sites for hydroxylation is 1. The van der Waals surface area contributed by atoms with E-state index in [1.165, 1.54) is 5.56 Å². The summed E-state index contributed by atoms with van der Waals surface area (Å²) in [4.78, 5) is 40.0. The number of nitrogens with zero attached hydrogens (tertiary/aromatic N) is 2. The number of benzene rings is 1. The van der Waals surface area contributed by atoms with E-state index in [9.17, 15) is 14.4 Å². The molecule has 0 aliphatic carbocycles. The van der Waals surface area contributed by atoms with Crippen LogP contribution in [0.4, 0.5) is 0 Å². The summed E-state index contributed by atoms with van der Waals surface area (Å²) in [6.07, 6.45) is 3.39. The van der Waals surface area contributed by atoms with Crippen LogP contribution in [0.1, 0.15) is 43.2 Å². The number of carbonyl (C=O) groups excluding carboxylic acids is 3. The Morgan fingerprint density at radius 2 is 1.93 bits per heavy atom. The minimum atomic E-state index is -0.152. The maximum Gasteiger partial charge on any atom is 0.225 e. The lowest BCUT2D eigenvalue weighted by Crippen LogP contribution is -2.46. The molecular weight excluding hydrogens is 342 g/mol. The molecule has 2 saturated heterocycles. The topological polar surface area (TPSA) is 69.7 Å². The Morgan fingerprint density at radius 3 is 2.67 bits per heavy atom. The zero-order chi connectivity index (χ0) is 19.2. The fourth-order valence-electron chi connectivity index (χ4n) is 3.89. The van der Waals surface area contributed by atoms with Gasteiger partial charge in [-0.25, -0.2) is 0 Å². The van der Waals surface area contributed by atoms with Crippen LogP contribution in [0.15, 0.2) is 24.3 Å². The van der Waals surface area contributed by atoms with Crippen LogP contribution in [0, 0.1) is 12.8 Å². The normalized spacial score (nSPS) is 20.3. The Hall–Kier alpha value is -2.37. The van der Waals surface area contributed by atoms with Crippen molar-refractivity contribution in [3.8, 4) is 0 Å². The van der Waals surface area contributed by atoms with Gasteiger partial charge in [0.2, 0.25) is 17.7 Å². The minimum absolute atomic E-state index is 0.0173. The van der Waals surface area contributed by atoms with Gasteiger partial charge in [0, 0.05) is 45.6 Å². The lowest BCUT2D eigenvalue weighted by atomic mass is 9.96. The number of amides is 3. The molecule has 146 valence electrons. The van der Waals surface area contributed by atoms with E-state index in [4.69, 9.17) is 0 Å². The van der Waals surface area contributed by atoms with E-state index in [0.29, 0.717) is 45.4 Å². The van der Waals surface area contributed by atoms with Crippen LogP contribution in [-0.2, 0) is 20.9 Å². The second kappa shape index (κ2) is 9.02. The van der Waals surface area contributed by atoms with Crippen molar-refractivity contribution in [1.29, 1.82) is 0 Å². The molecule has 6 nitrogen and oxygen atoms in total. The molecule has 0 spiro atoms. The standard InChI is InChI=1S/C21H29N3O3/c1-16-5-2-6-17(13-16)14-22-21(27)18-8-9-20(26)24(15-18)12-4-11-23-10-3-7-19(23)25/h2,5-6,13,18H,3-4,7-12,14-15H2,1H3,(H,22,27). The summed E-state index contributed by atoms with van der Waals surface area (Å²) in [5, 5.41) is 3.01. The smallest absolute Gasteiger partial charge is 0.225 e. The van der Waals surface area contributed by atoms with Gasteiger partial charge in [0.25, 0.3) is 0 Å². The van der Waals surface area contributed by atoms with Gasteiger partial charge in [0.05, 0.1) is 5.92 Å². The highest BCUT2D eigenvalue weighted by molar-refractivity contribution is 5.83. The Bertz CT molecular complexity index is 704. The van der Waals surface area contributed by atoms with Crippen LogP contribution in [0.2, 0.25) is 0 Å². The average Bonchev–Trinajstić information content (AvgIpc) is 3.06. The predicted molar refractivity (Wildman–Crippen MR) is 103 cm³/mol.